The Morgan fingerprint density at radius 1 is 1.29 bits per heavy atom. The Hall–Kier alpha value is -1.50. The van der Waals surface area contributed by atoms with E-state index >= 15 is 0 Å². The summed E-state index contributed by atoms with van der Waals surface area (Å²) in [5.41, 5.74) is 0.871. The highest BCUT2D eigenvalue weighted by atomic mass is 35.5. The van der Waals surface area contributed by atoms with E-state index in [1.54, 1.807) is 12.1 Å². The third-order valence-electron chi connectivity index (χ3n) is 4.05. The van der Waals surface area contributed by atoms with Gasteiger partial charge in [-0.15, -0.1) is 0 Å². The fraction of sp³-hybridized carbons (Fsp3) is 0.500. The molecule has 1 amide bonds. The molecule has 0 spiro atoms. The second-order valence-corrected chi connectivity index (χ2v) is 6.29. The van der Waals surface area contributed by atoms with Crippen molar-refractivity contribution in [2.24, 2.45) is 0 Å². The molecule has 8 heteroatoms. The van der Waals surface area contributed by atoms with E-state index in [4.69, 9.17) is 27.9 Å². The van der Waals surface area contributed by atoms with Crippen LogP contribution >= 0.6 is 23.2 Å². The first-order valence-electron chi connectivity index (χ1n) is 7.66. The number of halogens is 2. The number of hydrogen-bond donors (Lipinski definition) is 1. The Morgan fingerprint density at radius 3 is 2.67 bits per heavy atom. The predicted molar refractivity (Wildman–Crippen MR) is 92.5 cm³/mol. The van der Waals surface area contributed by atoms with Crippen LogP contribution in [-0.4, -0.2) is 61.3 Å². The molecule has 1 fully saturated rings. The molecule has 1 aromatic carbocycles. The number of benzene rings is 1. The van der Waals surface area contributed by atoms with Crippen LogP contribution < -0.4 is 4.90 Å². The molecule has 0 bridgehead atoms. The van der Waals surface area contributed by atoms with Crippen LogP contribution in [0.25, 0.3) is 0 Å². The highest BCUT2D eigenvalue weighted by molar-refractivity contribution is 6.42. The van der Waals surface area contributed by atoms with Gasteiger partial charge < -0.3 is 19.6 Å². The van der Waals surface area contributed by atoms with Gasteiger partial charge in [-0.25, -0.2) is 4.79 Å². The van der Waals surface area contributed by atoms with E-state index in [-0.39, 0.29) is 25.4 Å². The van der Waals surface area contributed by atoms with Crippen LogP contribution in [0.3, 0.4) is 0 Å². The number of anilines is 1. The van der Waals surface area contributed by atoms with Gasteiger partial charge in [-0.1, -0.05) is 23.2 Å². The average Bonchev–Trinajstić information content (AvgIpc) is 2.76. The van der Waals surface area contributed by atoms with Gasteiger partial charge in [-0.2, -0.15) is 0 Å². The van der Waals surface area contributed by atoms with Crippen molar-refractivity contribution in [2.45, 2.75) is 18.9 Å². The molecular weight excluding hydrogens is 355 g/mol. The average molecular weight is 375 g/mol. The van der Waals surface area contributed by atoms with Gasteiger partial charge in [-0.05, 0) is 18.2 Å². The lowest BCUT2D eigenvalue weighted by Crippen LogP contribution is -2.47. The molecule has 1 heterocycles. The van der Waals surface area contributed by atoms with E-state index in [9.17, 15) is 14.7 Å². The van der Waals surface area contributed by atoms with Crippen LogP contribution in [0.5, 0.6) is 0 Å². The summed E-state index contributed by atoms with van der Waals surface area (Å²) < 4.78 is 4.76. The highest BCUT2D eigenvalue weighted by Crippen LogP contribution is 2.28. The van der Waals surface area contributed by atoms with Crippen molar-refractivity contribution >= 4 is 40.8 Å². The Bertz CT molecular complexity index is 612. The summed E-state index contributed by atoms with van der Waals surface area (Å²) >= 11 is 12.0. The number of amides is 1. The van der Waals surface area contributed by atoms with E-state index in [2.05, 4.69) is 0 Å². The van der Waals surface area contributed by atoms with Gasteiger partial charge in [-0.3, -0.25) is 4.79 Å². The summed E-state index contributed by atoms with van der Waals surface area (Å²) in [6, 6.07) is 4.56. The molecule has 0 saturated carbocycles. The maximum Gasteiger partial charge on any atom is 0.328 e. The Balaban J connectivity index is 2.15. The van der Waals surface area contributed by atoms with Gasteiger partial charge in [0.15, 0.2) is 0 Å². The SMILES string of the molecule is COC(=O)C(CCO)N1CCN(c2ccc(Cl)c(Cl)c2)CCC1=O. The first-order valence-corrected chi connectivity index (χ1v) is 8.41. The third-order valence-corrected chi connectivity index (χ3v) is 4.79. The predicted octanol–water partition coefficient (Wildman–Crippen LogP) is 1.96. The number of aliphatic hydroxyl groups excluding tert-OH is 1. The Kier molecular flexibility index (Phi) is 6.71. The van der Waals surface area contributed by atoms with E-state index < -0.39 is 12.0 Å². The molecular formula is C16H20Cl2N2O4. The number of ether oxygens (including phenoxy) is 1. The number of carbonyl (C=O) groups excluding carboxylic acids is 2. The van der Waals surface area contributed by atoms with Crippen LogP contribution in [0.2, 0.25) is 10.0 Å². The fourth-order valence-electron chi connectivity index (χ4n) is 2.77. The molecule has 0 radical (unpaired) electrons. The van der Waals surface area contributed by atoms with E-state index in [1.165, 1.54) is 12.0 Å². The van der Waals surface area contributed by atoms with E-state index in [0.717, 1.165) is 5.69 Å². The summed E-state index contributed by atoms with van der Waals surface area (Å²) in [6.45, 7) is 1.22. The van der Waals surface area contributed by atoms with E-state index in [1.807, 2.05) is 11.0 Å². The molecule has 1 aromatic rings. The molecule has 132 valence electrons. The molecule has 1 aliphatic heterocycles. The summed E-state index contributed by atoms with van der Waals surface area (Å²) in [5, 5.41) is 10.1. The lowest BCUT2D eigenvalue weighted by atomic mass is 10.1. The number of rotatable bonds is 5. The summed E-state index contributed by atoms with van der Waals surface area (Å²) in [6.07, 6.45) is 0.421. The first-order chi connectivity index (χ1) is 11.5. The van der Waals surface area contributed by atoms with Crippen molar-refractivity contribution in [1.29, 1.82) is 0 Å². The molecule has 1 N–H and O–H groups in total. The molecule has 6 nitrogen and oxygen atoms in total. The van der Waals surface area contributed by atoms with Crippen LogP contribution in [0.1, 0.15) is 12.8 Å². The molecule has 1 saturated heterocycles. The van der Waals surface area contributed by atoms with Crippen LogP contribution in [0.15, 0.2) is 18.2 Å². The second kappa shape index (κ2) is 8.55. The monoisotopic (exact) mass is 374 g/mol. The quantitative estimate of drug-likeness (QED) is 0.797. The van der Waals surface area contributed by atoms with Gasteiger partial charge >= 0.3 is 5.97 Å². The smallest absolute Gasteiger partial charge is 0.328 e. The minimum atomic E-state index is -0.763. The van der Waals surface area contributed by atoms with Gasteiger partial charge in [0.1, 0.15) is 6.04 Å². The molecule has 24 heavy (non-hydrogen) atoms. The summed E-state index contributed by atoms with van der Waals surface area (Å²) in [4.78, 5) is 27.8. The highest BCUT2D eigenvalue weighted by Gasteiger charge is 2.32. The zero-order valence-electron chi connectivity index (χ0n) is 13.4. The maximum absolute atomic E-state index is 12.4. The van der Waals surface area contributed by atoms with Gasteiger partial charge in [0.2, 0.25) is 5.91 Å². The molecule has 1 atom stereocenters. The van der Waals surface area contributed by atoms with Crippen molar-refractivity contribution < 1.29 is 19.4 Å². The number of esters is 1. The number of methoxy groups -OCH3 is 1. The zero-order valence-corrected chi connectivity index (χ0v) is 14.9. The normalized spacial score (nSPS) is 16.8. The van der Waals surface area contributed by atoms with Crippen molar-refractivity contribution in [3.8, 4) is 0 Å². The number of carbonyl (C=O) groups is 2. The largest absolute Gasteiger partial charge is 0.467 e. The minimum absolute atomic E-state index is 0.138. The maximum atomic E-state index is 12.4. The van der Waals surface area contributed by atoms with Gasteiger partial charge in [0.05, 0.1) is 17.2 Å². The van der Waals surface area contributed by atoms with E-state index in [0.29, 0.717) is 29.7 Å². The lowest BCUT2D eigenvalue weighted by molar-refractivity contribution is -0.153. The third kappa shape index (κ3) is 4.32. The van der Waals surface area contributed by atoms with Crippen molar-refractivity contribution in [3.63, 3.8) is 0 Å². The second-order valence-electron chi connectivity index (χ2n) is 5.47. The number of aliphatic hydroxyl groups is 1. The number of nitrogens with zero attached hydrogens (tertiary/aromatic N) is 2. The molecule has 1 aliphatic rings. The first kappa shape index (κ1) is 18.8. The van der Waals surface area contributed by atoms with Crippen molar-refractivity contribution in [1.82, 2.24) is 4.90 Å². The number of hydrogen-bond acceptors (Lipinski definition) is 5. The minimum Gasteiger partial charge on any atom is -0.467 e. The molecule has 2 rings (SSSR count). The van der Waals surface area contributed by atoms with Crippen molar-refractivity contribution in [2.75, 3.05) is 38.3 Å². The Labute approximate surface area is 150 Å². The standard InChI is InChI=1S/C16H20Cl2N2O4/c1-24-16(23)14(5-9-21)20-8-7-19(6-4-15(20)22)11-2-3-12(17)13(18)10-11/h2-3,10,14,21H,4-9H2,1H3. The lowest BCUT2D eigenvalue weighted by Gasteiger charge is -2.29. The molecule has 1 unspecified atom stereocenters. The topological polar surface area (TPSA) is 70.1 Å². The van der Waals surface area contributed by atoms with Gasteiger partial charge in [0, 0.05) is 44.8 Å². The fourth-order valence-corrected chi connectivity index (χ4v) is 3.06. The zero-order chi connectivity index (χ0) is 17.7. The Morgan fingerprint density at radius 2 is 2.04 bits per heavy atom. The molecule has 0 aromatic heterocycles. The van der Waals surface area contributed by atoms with Crippen molar-refractivity contribution in [3.05, 3.63) is 28.2 Å². The summed E-state index contributed by atoms with van der Waals surface area (Å²) in [5.74, 6) is -0.651. The van der Waals surface area contributed by atoms with Crippen LogP contribution in [0.4, 0.5) is 5.69 Å². The van der Waals surface area contributed by atoms with Gasteiger partial charge in [0.25, 0.3) is 0 Å². The summed E-state index contributed by atoms with van der Waals surface area (Å²) in [7, 11) is 1.27. The van der Waals surface area contributed by atoms with Crippen LogP contribution in [-0.2, 0) is 14.3 Å². The van der Waals surface area contributed by atoms with Crippen LogP contribution in [0, 0.1) is 0 Å². The molecule has 0 aliphatic carbocycles.